The Labute approximate surface area is 126 Å². The van der Waals surface area contributed by atoms with E-state index in [2.05, 4.69) is 52.3 Å². The lowest BCUT2D eigenvalue weighted by Gasteiger charge is -2.36. The molecule has 0 aromatic heterocycles. The first-order chi connectivity index (χ1) is 10.4. The molecule has 2 aromatic carbocycles. The molecule has 3 rings (SSSR count). The van der Waals surface area contributed by atoms with Gasteiger partial charge in [-0.3, -0.25) is 4.90 Å². The van der Waals surface area contributed by atoms with Gasteiger partial charge in [-0.2, -0.15) is 0 Å². The average molecular weight is 282 g/mol. The quantitative estimate of drug-likeness (QED) is 0.870. The Morgan fingerprint density at radius 1 is 0.952 bits per heavy atom. The van der Waals surface area contributed by atoms with Gasteiger partial charge in [-0.25, -0.2) is 0 Å². The molecule has 0 bridgehead atoms. The van der Waals surface area contributed by atoms with Crippen LogP contribution in [-0.4, -0.2) is 42.7 Å². The normalized spacial score (nSPS) is 16.9. The second-order valence-electron chi connectivity index (χ2n) is 5.50. The fourth-order valence-corrected chi connectivity index (χ4v) is 3.03. The van der Waals surface area contributed by atoms with Crippen molar-refractivity contribution in [3.63, 3.8) is 0 Å². The Bertz CT molecular complexity index is 610. The van der Waals surface area contributed by atoms with Crippen LogP contribution in [0.2, 0.25) is 0 Å². The summed E-state index contributed by atoms with van der Waals surface area (Å²) in [6, 6.07) is 15.2. The minimum atomic E-state index is 0.921. The van der Waals surface area contributed by atoms with Crippen molar-refractivity contribution in [3.8, 4) is 0 Å². The van der Waals surface area contributed by atoms with Crippen LogP contribution < -0.4 is 4.90 Å². The second kappa shape index (κ2) is 6.64. The molecule has 3 heteroatoms. The number of aliphatic hydroxyl groups is 1. The lowest BCUT2D eigenvalue weighted by Crippen LogP contribution is -2.46. The zero-order chi connectivity index (χ0) is 14.5. The topological polar surface area (TPSA) is 26.7 Å². The fourth-order valence-electron chi connectivity index (χ4n) is 3.03. The predicted octanol–water partition coefficient (Wildman–Crippen LogP) is 3.42. The Morgan fingerprint density at radius 2 is 1.71 bits per heavy atom. The molecule has 0 atom stereocenters. The van der Waals surface area contributed by atoms with Crippen LogP contribution in [-0.2, 0) is 0 Å². The highest BCUT2D eigenvalue weighted by Gasteiger charge is 2.17. The number of rotatable bonds is 4. The molecule has 0 saturated carbocycles. The minimum Gasteiger partial charge on any atom is -0.516 e. The van der Waals surface area contributed by atoms with E-state index in [-0.39, 0.29) is 0 Å². The van der Waals surface area contributed by atoms with Gasteiger partial charge in [-0.05, 0) is 23.9 Å². The molecule has 0 amide bonds. The van der Waals surface area contributed by atoms with E-state index in [9.17, 15) is 0 Å². The average Bonchev–Trinajstić information content (AvgIpc) is 2.55. The summed E-state index contributed by atoms with van der Waals surface area (Å²) in [5.41, 5.74) is 1.35. The Balaban J connectivity index is 1.68. The number of piperazine rings is 1. The first-order valence-corrected chi connectivity index (χ1v) is 7.63. The van der Waals surface area contributed by atoms with Gasteiger partial charge in [0.15, 0.2) is 0 Å². The highest BCUT2D eigenvalue weighted by molar-refractivity contribution is 5.94. The maximum absolute atomic E-state index is 8.68. The molecule has 3 nitrogen and oxygen atoms in total. The molecule has 2 aromatic rings. The molecule has 1 heterocycles. The third-order valence-corrected chi connectivity index (χ3v) is 4.20. The number of hydrogen-bond donors (Lipinski definition) is 1. The van der Waals surface area contributed by atoms with Gasteiger partial charge in [0.2, 0.25) is 0 Å². The summed E-state index contributed by atoms with van der Waals surface area (Å²) < 4.78 is 0. The van der Waals surface area contributed by atoms with Crippen molar-refractivity contribution in [3.05, 3.63) is 54.8 Å². The first-order valence-electron chi connectivity index (χ1n) is 7.63. The number of fused-ring (bicyclic) bond motifs is 1. The number of benzene rings is 2. The summed E-state index contributed by atoms with van der Waals surface area (Å²) in [6.45, 7) is 5.33. The number of hydrogen-bond acceptors (Lipinski definition) is 3. The molecule has 1 aliphatic heterocycles. The summed E-state index contributed by atoms with van der Waals surface area (Å²) >= 11 is 0. The largest absolute Gasteiger partial charge is 0.516 e. The van der Waals surface area contributed by atoms with E-state index in [1.54, 1.807) is 0 Å². The van der Waals surface area contributed by atoms with Crippen LogP contribution >= 0.6 is 0 Å². The summed E-state index contributed by atoms with van der Waals surface area (Å²) in [5, 5.41) is 11.3. The highest BCUT2D eigenvalue weighted by atomic mass is 16.2. The van der Waals surface area contributed by atoms with Crippen LogP contribution in [0.25, 0.3) is 10.8 Å². The predicted molar refractivity (Wildman–Crippen MR) is 89.0 cm³/mol. The molecule has 1 aliphatic rings. The van der Waals surface area contributed by atoms with Crippen LogP contribution in [0.1, 0.15) is 6.42 Å². The van der Waals surface area contributed by atoms with Gasteiger partial charge < -0.3 is 10.0 Å². The molecule has 1 N–H and O–H groups in total. The van der Waals surface area contributed by atoms with Crippen molar-refractivity contribution in [2.45, 2.75) is 6.42 Å². The molecule has 0 aliphatic carbocycles. The molecule has 1 fully saturated rings. The van der Waals surface area contributed by atoms with Gasteiger partial charge >= 0.3 is 0 Å². The van der Waals surface area contributed by atoms with E-state index < -0.39 is 0 Å². The van der Waals surface area contributed by atoms with E-state index in [4.69, 9.17) is 5.11 Å². The third kappa shape index (κ3) is 3.19. The first kappa shape index (κ1) is 14.0. The monoisotopic (exact) mass is 282 g/mol. The second-order valence-corrected chi connectivity index (χ2v) is 5.50. The molecule has 0 spiro atoms. The Morgan fingerprint density at radius 3 is 2.52 bits per heavy atom. The van der Waals surface area contributed by atoms with Gasteiger partial charge in [-0.1, -0.05) is 36.4 Å². The minimum absolute atomic E-state index is 0.921. The van der Waals surface area contributed by atoms with Gasteiger partial charge in [0.1, 0.15) is 0 Å². The van der Waals surface area contributed by atoms with E-state index in [0.29, 0.717) is 0 Å². The van der Waals surface area contributed by atoms with Gasteiger partial charge in [-0.15, -0.1) is 0 Å². The lowest BCUT2D eigenvalue weighted by molar-refractivity contribution is 0.262. The van der Waals surface area contributed by atoms with Crippen molar-refractivity contribution in [1.29, 1.82) is 0 Å². The van der Waals surface area contributed by atoms with Gasteiger partial charge in [0.05, 0.1) is 6.26 Å². The van der Waals surface area contributed by atoms with Gasteiger partial charge in [0, 0.05) is 43.8 Å². The van der Waals surface area contributed by atoms with Crippen molar-refractivity contribution < 1.29 is 5.11 Å². The van der Waals surface area contributed by atoms with Gasteiger partial charge in [0.25, 0.3) is 0 Å². The maximum atomic E-state index is 8.68. The maximum Gasteiger partial charge on any atom is 0.0752 e. The molecule has 110 valence electrons. The van der Waals surface area contributed by atoms with Crippen LogP contribution in [0.15, 0.2) is 54.8 Å². The van der Waals surface area contributed by atoms with Crippen molar-refractivity contribution in [2.24, 2.45) is 0 Å². The summed E-state index contributed by atoms with van der Waals surface area (Å²) in [5.74, 6) is 0. The molecular weight excluding hydrogens is 260 g/mol. The number of nitrogens with zero attached hydrogens (tertiary/aromatic N) is 2. The van der Waals surface area contributed by atoms with Crippen molar-refractivity contribution in [2.75, 3.05) is 37.6 Å². The zero-order valence-electron chi connectivity index (χ0n) is 12.3. The van der Waals surface area contributed by atoms with E-state index >= 15 is 0 Å². The molecule has 21 heavy (non-hydrogen) atoms. The standard InChI is InChI=1S/C18H22N2O/c21-15-4-3-10-19-11-13-20(14-12-19)18-9-5-7-16-6-1-2-8-17(16)18/h1-2,4-9,15,21H,3,10-14H2. The zero-order valence-corrected chi connectivity index (χ0v) is 12.3. The smallest absolute Gasteiger partial charge is 0.0752 e. The summed E-state index contributed by atoms with van der Waals surface area (Å²) in [6.07, 6.45) is 3.88. The van der Waals surface area contributed by atoms with E-state index in [1.807, 2.05) is 6.08 Å². The van der Waals surface area contributed by atoms with Crippen molar-refractivity contribution in [1.82, 2.24) is 4.90 Å². The molecule has 1 saturated heterocycles. The van der Waals surface area contributed by atoms with Crippen LogP contribution in [0.4, 0.5) is 5.69 Å². The number of anilines is 1. The molecule has 0 unspecified atom stereocenters. The highest BCUT2D eigenvalue weighted by Crippen LogP contribution is 2.27. The fraction of sp³-hybridized carbons (Fsp3) is 0.333. The summed E-state index contributed by atoms with van der Waals surface area (Å²) in [4.78, 5) is 4.95. The lowest BCUT2D eigenvalue weighted by atomic mass is 10.1. The summed E-state index contributed by atoms with van der Waals surface area (Å²) in [7, 11) is 0. The molecule has 0 radical (unpaired) electrons. The van der Waals surface area contributed by atoms with E-state index in [0.717, 1.165) is 45.4 Å². The molecular formula is C18H22N2O. The Kier molecular flexibility index (Phi) is 4.41. The number of aliphatic hydroxyl groups excluding tert-OH is 1. The van der Waals surface area contributed by atoms with Crippen LogP contribution in [0.3, 0.4) is 0 Å². The van der Waals surface area contributed by atoms with E-state index in [1.165, 1.54) is 16.5 Å². The Hall–Kier alpha value is -2.00. The third-order valence-electron chi connectivity index (χ3n) is 4.20. The van der Waals surface area contributed by atoms with Crippen LogP contribution in [0, 0.1) is 0 Å². The van der Waals surface area contributed by atoms with Crippen LogP contribution in [0.5, 0.6) is 0 Å². The van der Waals surface area contributed by atoms with Crippen molar-refractivity contribution >= 4 is 16.5 Å². The SMILES string of the molecule is OC=CCCN1CCN(c2cccc3ccccc23)CC1.